The van der Waals surface area contributed by atoms with E-state index in [1.807, 2.05) is 0 Å². The van der Waals surface area contributed by atoms with Gasteiger partial charge in [-0.05, 0) is 191 Å². The second-order valence-electron chi connectivity index (χ2n) is 18.8. The molecule has 346 valence electrons. The van der Waals surface area contributed by atoms with Crippen LogP contribution in [0.2, 0.25) is 0 Å². The zero-order chi connectivity index (χ0) is 47.1. The highest BCUT2D eigenvalue weighted by Gasteiger charge is 2.67. The number of aryl methyl sites for hydroxylation is 3. The Kier molecular flexibility index (Phi) is 13.6. The van der Waals surface area contributed by atoms with Gasteiger partial charge in [0, 0.05) is 6.26 Å². The summed E-state index contributed by atoms with van der Waals surface area (Å²) in [5, 5.41) is 0. The van der Waals surface area contributed by atoms with E-state index in [0.29, 0.717) is 25.7 Å². The molecule has 2 N–H and O–H groups in total. The molecule has 7 unspecified atom stereocenters. The lowest BCUT2D eigenvalue weighted by Gasteiger charge is -2.63. The fraction of sp³-hybridized carbons (Fsp3) is 0.309. The van der Waals surface area contributed by atoms with Crippen LogP contribution in [0.4, 0.5) is 4.39 Å². The van der Waals surface area contributed by atoms with Crippen LogP contribution in [0.5, 0.6) is 0 Å². The predicted molar refractivity (Wildman–Crippen MR) is 267 cm³/mol. The standard InChI is InChI=1S/C55H54FNO6S4/c1-36-5-17-44(18-6-36)65(45-19-7-37(2)8-20-45)48-25-13-41(14-26-48)42-15-27-49(28-16-42)66(46-21-9-38(3)10-22-46)47-23-11-39(12-24-47)30-50-43-29-40-31-54(33-43,35-55(50,32-40)52(58)57-64-4)53(59)63-34-51(56)67(60,61)62/h5-28,40,43,50-51H,29-35H2,1-4H3/p+2. The summed E-state index contributed by atoms with van der Waals surface area (Å²) >= 11 is 1.23. The molecule has 4 bridgehead atoms. The molecule has 0 saturated heterocycles. The molecule has 0 spiro atoms. The number of nitrogens with one attached hydrogen (secondary N) is 1. The molecule has 67 heavy (non-hydrogen) atoms. The van der Waals surface area contributed by atoms with Gasteiger partial charge in [-0.3, -0.25) is 18.9 Å². The Morgan fingerprint density at radius 3 is 1.52 bits per heavy atom. The maximum Gasteiger partial charge on any atom is 0.312 e. The summed E-state index contributed by atoms with van der Waals surface area (Å²) < 4.78 is 54.2. The van der Waals surface area contributed by atoms with E-state index in [-0.39, 0.29) is 41.0 Å². The fourth-order valence-corrected chi connectivity index (χ4v) is 15.9. The third-order valence-electron chi connectivity index (χ3n) is 14.2. The monoisotopic (exact) mass is 973 g/mol. The zero-order valence-corrected chi connectivity index (χ0v) is 41.4. The van der Waals surface area contributed by atoms with Crippen LogP contribution in [0.1, 0.15) is 54.4 Å². The van der Waals surface area contributed by atoms with Crippen LogP contribution in [-0.4, -0.2) is 43.2 Å². The number of rotatable bonds is 15. The van der Waals surface area contributed by atoms with E-state index in [2.05, 4.69) is 171 Å². The van der Waals surface area contributed by atoms with E-state index in [9.17, 15) is 22.4 Å². The molecule has 4 saturated carbocycles. The Morgan fingerprint density at radius 2 is 1.10 bits per heavy atom. The van der Waals surface area contributed by atoms with Gasteiger partial charge in [0.2, 0.25) is 5.91 Å². The van der Waals surface area contributed by atoms with Crippen molar-refractivity contribution in [2.45, 2.75) is 94.2 Å². The van der Waals surface area contributed by atoms with Gasteiger partial charge in [-0.1, -0.05) is 77.2 Å². The van der Waals surface area contributed by atoms with Crippen molar-refractivity contribution in [1.82, 2.24) is 4.72 Å². The van der Waals surface area contributed by atoms with Gasteiger partial charge in [-0.2, -0.15) is 8.42 Å². The molecule has 0 radical (unpaired) electrons. The molecular weight excluding hydrogens is 918 g/mol. The van der Waals surface area contributed by atoms with Gasteiger partial charge in [0.1, 0.15) is 6.61 Å². The summed E-state index contributed by atoms with van der Waals surface area (Å²) in [4.78, 5) is 35.3. The molecule has 7 nitrogen and oxygen atoms in total. The second kappa shape index (κ2) is 19.3. The lowest BCUT2D eigenvalue weighted by molar-refractivity contribution is -0.196. The molecule has 0 heterocycles. The maximum atomic E-state index is 14.2. The molecular formula is C55H56FNO6S4+2. The van der Waals surface area contributed by atoms with E-state index in [4.69, 9.17) is 9.29 Å². The molecule has 7 atom stereocenters. The van der Waals surface area contributed by atoms with Crippen molar-refractivity contribution in [3.05, 3.63) is 168 Å². The Morgan fingerprint density at radius 1 is 0.687 bits per heavy atom. The summed E-state index contributed by atoms with van der Waals surface area (Å²) in [5.74, 6) is -0.680. The Hall–Kier alpha value is -4.85. The van der Waals surface area contributed by atoms with Crippen molar-refractivity contribution in [2.75, 3.05) is 12.9 Å². The van der Waals surface area contributed by atoms with Gasteiger partial charge in [0.15, 0.2) is 29.4 Å². The largest absolute Gasteiger partial charge is 0.461 e. The lowest BCUT2D eigenvalue weighted by Crippen LogP contribution is -2.64. The summed E-state index contributed by atoms with van der Waals surface area (Å²) in [6, 6.07) is 53.4. The molecule has 10 rings (SSSR count). The highest BCUT2D eigenvalue weighted by molar-refractivity contribution is 7.97. The number of carbonyl (C=O) groups excluding carboxylic acids is 2. The number of halogens is 1. The molecule has 6 aromatic carbocycles. The molecule has 1 amide bonds. The van der Waals surface area contributed by atoms with E-state index in [0.717, 1.165) is 23.1 Å². The minimum Gasteiger partial charge on any atom is -0.461 e. The van der Waals surface area contributed by atoms with Gasteiger partial charge in [-0.25, -0.2) is 4.39 Å². The van der Waals surface area contributed by atoms with Crippen molar-refractivity contribution in [2.24, 2.45) is 28.6 Å². The fourth-order valence-electron chi connectivity index (χ4n) is 11.2. The number of amides is 1. The molecule has 6 aromatic rings. The third-order valence-corrected chi connectivity index (χ3v) is 19.8. The van der Waals surface area contributed by atoms with E-state index >= 15 is 0 Å². The quantitative estimate of drug-likeness (QED) is 0.0456. The minimum absolute atomic E-state index is 0.0387. The SMILES string of the molecule is CSNC(=O)C12CC3CC(CC(C(=O)OCC(F)S(=O)(=O)O)(C3)C1)C2Cc1ccc([S+](c2ccc(C)cc2)c2ccc(-c3ccc([S+](c4ccc(C)cc4)c4ccc(C)cc4)cc3)cc2)cc1. The van der Waals surface area contributed by atoms with Gasteiger partial charge in [0.05, 0.1) is 32.6 Å². The van der Waals surface area contributed by atoms with Crippen LogP contribution >= 0.6 is 11.9 Å². The van der Waals surface area contributed by atoms with E-state index < -0.39 is 49.9 Å². The van der Waals surface area contributed by atoms with Crippen LogP contribution in [0.15, 0.2) is 175 Å². The number of benzene rings is 6. The van der Waals surface area contributed by atoms with Gasteiger partial charge in [0.25, 0.3) is 5.50 Å². The topological polar surface area (TPSA) is 110 Å². The summed E-state index contributed by atoms with van der Waals surface area (Å²) in [6.45, 7) is 5.27. The van der Waals surface area contributed by atoms with Gasteiger partial charge in [-0.15, -0.1) is 0 Å². The molecule has 0 aromatic heterocycles. The summed E-state index contributed by atoms with van der Waals surface area (Å²) in [5.41, 5.74) is 2.53. The van der Waals surface area contributed by atoms with Crippen molar-refractivity contribution in [3.63, 3.8) is 0 Å². The summed E-state index contributed by atoms with van der Waals surface area (Å²) in [6.07, 6.45) is 5.23. The first-order valence-corrected chi connectivity index (χ1v) is 27.9. The number of esters is 1. The molecule has 4 aliphatic rings. The first-order valence-electron chi connectivity index (χ1n) is 22.7. The molecule has 0 aliphatic heterocycles. The molecule has 4 aliphatic carbocycles. The van der Waals surface area contributed by atoms with Crippen molar-refractivity contribution >= 4 is 55.7 Å². The number of ether oxygens (including phenoxy) is 1. The van der Waals surface area contributed by atoms with Crippen molar-refractivity contribution in [3.8, 4) is 11.1 Å². The second-order valence-corrected chi connectivity index (χ2v) is 25.0. The predicted octanol–water partition coefficient (Wildman–Crippen LogP) is 11.9. The smallest absolute Gasteiger partial charge is 0.312 e. The lowest BCUT2D eigenvalue weighted by atomic mass is 9.39. The van der Waals surface area contributed by atoms with Crippen LogP contribution in [0.25, 0.3) is 11.1 Å². The number of carbonyl (C=O) groups is 2. The number of hydrogen-bond acceptors (Lipinski definition) is 6. The maximum absolute atomic E-state index is 14.2. The highest BCUT2D eigenvalue weighted by atomic mass is 32.2. The van der Waals surface area contributed by atoms with Gasteiger partial charge < -0.3 is 4.74 Å². The van der Waals surface area contributed by atoms with Gasteiger partial charge >= 0.3 is 16.1 Å². The average Bonchev–Trinajstić information content (AvgIpc) is 3.32. The highest BCUT2D eigenvalue weighted by Crippen LogP contribution is 2.68. The molecule has 4 fully saturated rings. The van der Waals surface area contributed by atoms with Crippen molar-refractivity contribution < 1.29 is 31.7 Å². The average molecular weight is 974 g/mol. The zero-order valence-electron chi connectivity index (χ0n) is 38.1. The van der Waals surface area contributed by atoms with Crippen LogP contribution in [0, 0.1) is 49.4 Å². The van der Waals surface area contributed by atoms with Crippen LogP contribution in [-0.2, 0) is 52.7 Å². The third kappa shape index (κ3) is 9.75. The van der Waals surface area contributed by atoms with E-state index in [1.165, 1.54) is 58.0 Å². The normalized spacial score (nSPS) is 22.9. The first-order chi connectivity index (χ1) is 32.1. The Balaban J connectivity index is 0.963. The Labute approximate surface area is 404 Å². The van der Waals surface area contributed by atoms with Crippen LogP contribution < -0.4 is 4.72 Å². The van der Waals surface area contributed by atoms with Crippen molar-refractivity contribution in [1.29, 1.82) is 0 Å². The number of alkyl halides is 1. The Bertz CT molecular complexity index is 2800. The van der Waals surface area contributed by atoms with E-state index in [1.54, 1.807) is 6.26 Å². The minimum atomic E-state index is -5.01. The summed E-state index contributed by atoms with van der Waals surface area (Å²) in [7, 11) is -5.65. The first kappa shape index (κ1) is 47.2. The number of hydrogen-bond donors (Lipinski definition) is 2. The molecule has 12 heteroatoms. The van der Waals surface area contributed by atoms with Crippen LogP contribution in [0.3, 0.4) is 0 Å².